The first-order valence-corrected chi connectivity index (χ1v) is 12.7. The molecule has 3 rings (SSSR count). The highest BCUT2D eigenvalue weighted by atomic mass is 35.5. The van der Waals surface area contributed by atoms with Crippen LogP contribution in [0, 0.1) is 5.92 Å². The van der Waals surface area contributed by atoms with Crippen molar-refractivity contribution in [2.75, 3.05) is 24.2 Å². The number of benzene rings is 2. The highest BCUT2D eigenvalue weighted by molar-refractivity contribution is 8.00. The molecule has 3 amide bonds. The fourth-order valence-electron chi connectivity index (χ4n) is 3.55. The second-order valence-corrected chi connectivity index (χ2v) is 10.2. The molecule has 13 heteroatoms. The van der Waals surface area contributed by atoms with E-state index in [1.165, 1.54) is 11.8 Å². The number of halogens is 4. The van der Waals surface area contributed by atoms with E-state index in [1.54, 1.807) is 29.2 Å². The zero-order chi connectivity index (χ0) is 25.9. The highest BCUT2D eigenvalue weighted by Crippen LogP contribution is 2.42. The molecule has 1 heterocycles. The topological polar surface area (TPSA) is 130 Å². The molecular formula is C22H19Cl4N3O5S. The van der Waals surface area contributed by atoms with E-state index in [0.29, 0.717) is 36.5 Å². The number of thioether (sulfide) groups is 1. The molecule has 0 unspecified atom stereocenters. The zero-order valence-corrected chi connectivity index (χ0v) is 21.8. The number of primary amides is 1. The number of carboxylic acids is 1. The van der Waals surface area contributed by atoms with Crippen molar-refractivity contribution in [2.24, 2.45) is 11.7 Å². The molecule has 2 aromatic rings. The third kappa shape index (κ3) is 6.34. The number of amides is 3. The van der Waals surface area contributed by atoms with Gasteiger partial charge < -0.3 is 21.1 Å². The van der Waals surface area contributed by atoms with Gasteiger partial charge in [0.2, 0.25) is 11.8 Å². The molecule has 8 nitrogen and oxygen atoms in total. The van der Waals surface area contributed by atoms with Gasteiger partial charge in [-0.25, -0.2) is 4.79 Å². The molecule has 0 radical (unpaired) electrons. The van der Waals surface area contributed by atoms with E-state index in [2.05, 4.69) is 5.32 Å². The number of carbonyl (C=O) groups excluding carboxylic acids is 3. The summed E-state index contributed by atoms with van der Waals surface area (Å²) >= 11 is 25.3. The van der Waals surface area contributed by atoms with Crippen molar-refractivity contribution in [2.45, 2.75) is 17.7 Å². The molecular weight excluding hydrogens is 560 g/mol. The molecule has 0 saturated carbocycles. The Bertz CT molecular complexity index is 1200. The van der Waals surface area contributed by atoms with Gasteiger partial charge in [0.15, 0.2) is 0 Å². The number of piperidine rings is 1. The minimum Gasteiger partial charge on any atom is -0.478 e. The minimum atomic E-state index is -1.50. The maximum absolute atomic E-state index is 12.9. The Morgan fingerprint density at radius 3 is 2.17 bits per heavy atom. The minimum absolute atomic E-state index is 0.0734. The number of hydrogen-bond donors (Lipinski definition) is 3. The van der Waals surface area contributed by atoms with Gasteiger partial charge in [-0.05, 0) is 31.0 Å². The molecule has 186 valence electrons. The molecule has 1 fully saturated rings. The number of anilines is 1. The van der Waals surface area contributed by atoms with Crippen LogP contribution in [0.25, 0.3) is 0 Å². The van der Waals surface area contributed by atoms with Crippen molar-refractivity contribution >= 4 is 87.5 Å². The predicted octanol–water partition coefficient (Wildman–Crippen LogP) is 5.07. The van der Waals surface area contributed by atoms with E-state index < -0.39 is 28.0 Å². The van der Waals surface area contributed by atoms with Gasteiger partial charge in [-0.15, -0.1) is 11.8 Å². The van der Waals surface area contributed by atoms with Gasteiger partial charge >= 0.3 is 5.97 Å². The van der Waals surface area contributed by atoms with Crippen LogP contribution in [-0.2, 0) is 9.59 Å². The van der Waals surface area contributed by atoms with Crippen molar-refractivity contribution in [3.8, 4) is 0 Å². The van der Waals surface area contributed by atoms with Gasteiger partial charge in [0.1, 0.15) is 0 Å². The third-order valence-corrected chi connectivity index (χ3v) is 8.19. The first-order valence-electron chi connectivity index (χ1n) is 10.2. The summed E-state index contributed by atoms with van der Waals surface area (Å²) in [6.45, 7) is 0.948. The predicted molar refractivity (Wildman–Crippen MR) is 137 cm³/mol. The van der Waals surface area contributed by atoms with Crippen LogP contribution in [0.5, 0.6) is 0 Å². The third-order valence-electron chi connectivity index (χ3n) is 5.41. The van der Waals surface area contributed by atoms with Crippen LogP contribution in [0.1, 0.15) is 33.6 Å². The Balaban J connectivity index is 1.70. The number of likely N-dealkylation sites (tertiary alicyclic amines) is 1. The number of carboxylic acid groups (broad SMARTS) is 1. The monoisotopic (exact) mass is 577 g/mol. The fourth-order valence-corrected chi connectivity index (χ4v) is 5.43. The van der Waals surface area contributed by atoms with E-state index >= 15 is 0 Å². The molecule has 0 aliphatic carbocycles. The molecule has 1 aliphatic heterocycles. The average molecular weight is 579 g/mol. The summed E-state index contributed by atoms with van der Waals surface area (Å²) in [5.74, 6) is -2.80. The van der Waals surface area contributed by atoms with E-state index in [-0.39, 0.29) is 38.6 Å². The molecule has 0 spiro atoms. The summed E-state index contributed by atoms with van der Waals surface area (Å²) in [6.07, 6.45) is 1.10. The lowest BCUT2D eigenvalue weighted by Crippen LogP contribution is -2.42. The zero-order valence-electron chi connectivity index (χ0n) is 17.9. The Hall–Kier alpha value is -2.17. The maximum Gasteiger partial charge on any atom is 0.338 e. The van der Waals surface area contributed by atoms with Crippen LogP contribution in [0.4, 0.5) is 5.69 Å². The van der Waals surface area contributed by atoms with Crippen molar-refractivity contribution in [1.29, 1.82) is 0 Å². The SMILES string of the molecule is NC(=O)C1CCN(C(=O)CSc2cccc(NC(=O)c3c(Cl)c(Cl)c(Cl)c(Cl)c3C(=O)O)c2)CC1. The first kappa shape index (κ1) is 27.4. The lowest BCUT2D eigenvalue weighted by atomic mass is 9.96. The van der Waals surface area contributed by atoms with E-state index in [4.69, 9.17) is 52.1 Å². The molecule has 0 atom stereocenters. The summed E-state index contributed by atoms with van der Waals surface area (Å²) < 4.78 is 0. The van der Waals surface area contributed by atoms with Crippen LogP contribution >= 0.6 is 58.2 Å². The Morgan fingerprint density at radius 2 is 1.60 bits per heavy atom. The second-order valence-electron chi connectivity index (χ2n) is 7.64. The molecule has 1 saturated heterocycles. The normalized spacial score (nSPS) is 14.0. The molecule has 0 aromatic heterocycles. The van der Waals surface area contributed by atoms with Crippen molar-refractivity contribution in [3.63, 3.8) is 0 Å². The van der Waals surface area contributed by atoms with Crippen LogP contribution in [-0.4, -0.2) is 52.5 Å². The van der Waals surface area contributed by atoms with Gasteiger partial charge in [-0.1, -0.05) is 52.5 Å². The lowest BCUT2D eigenvalue weighted by Gasteiger charge is -2.30. The average Bonchev–Trinajstić information content (AvgIpc) is 2.83. The Morgan fingerprint density at radius 1 is 1.00 bits per heavy atom. The van der Waals surface area contributed by atoms with Gasteiger partial charge in [0, 0.05) is 29.6 Å². The molecule has 2 aromatic carbocycles. The molecule has 4 N–H and O–H groups in total. The highest BCUT2D eigenvalue weighted by Gasteiger charge is 2.29. The summed E-state index contributed by atoms with van der Waals surface area (Å²) in [7, 11) is 0. The lowest BCUT2D eigenvalue weighted by molar-refractivity contribution is -0.132. The smallest absolute Gasteiger partial charge is 0.338 e. The van der Waals surface area contributed by atoms with Crippen molar-refractivity contribution in [3.05, 3.63) is 55.5 Å². The van der Waals surface area contributed by atoms with Gasteiger partial charge in [-0.3, -0.25) is 14.4 Å². The largest absolute Gasteiger partial charge is 0.478 e. The first-order chi connectivity index (χ1) is 16.5. The molecule has 1 aliphatic rings. The van der Waals surface area contributed by atoms with Crippen LogP contribution < -0.4 is 11.1 Å². The van der Waals surface area contributed by atoms with E-state index in [0.717, 1.165) is 0 Å². The fraction of sp³-hybridized carbons (Fsp3) is 0.273. The van der Waals surface area contributed by atoms with Gasteiger partial charge in [0.05, 0.1) is 37.0 Å². The summed E-state index contributed by atoms with van der Waals surface area (Å²) in [5, 5.41) is 10.9. The summed E-state index contributed by atoms with van der Waals surface area (Å²) in [5.41, 5.74) is 4.67. The second kappa shape index (κ2) is 11.7. The molecule has 0 bridgehead atoms. The van der Waals surface area contributed by atoms with Crippen molar-refractivity contribution < 1.29 is 24.3 Å². The standard InChI is InChI=1S/C22H19Cl4N3O5S/c23-16-14(15(22(33)34)17(24)19(26)18(16)25)21(32)28-11-2-1-3-12(8-11)35-9-13(30)29-6-4-10(5-7-29)20(27)31/h1-3,8,10H,4-7,9H2,(H2,27,31)(H,28,32)(H,33,34). The quantitative estimate of drug-likeness (QED) is 0.239. The number of nitrogens with zero attached hydrogens (tertiary/aromatic N) is 1. The molecule has 35 heavy (non-hydrogen) atoms. The van der Waals surface area contributed by atoms with Crippen LogP contribution in [0.15, 0.2) is 29.2 Å². The Labute approximate surface area is 225 Å². The van der Waals surface area contributed by atoms with Gasteiger partial charge in [-0.2, -0.15) is 0 Å². The number of carbonyl (C=O) groups is 4. The number of rotatable bonds is 7. The van der Waals surface area contributed by atoms with Crippen molar-refractivity contribution in [1.82, 2.24) is 4.90 Å². The summed E-state index contributed by atoms with van der Waals surface area (Å²) in [4.78, 5) is 50.8. The van der Waals surface area contributed by atoms with Gasteiger partial charge in [0.25, 0.3) is 5.91 Å². The van der Waals surface area contributed by atoms with E-state index in [9.17, 15) is 24.3 Å². The number of nitrogens with two attached hydrogens (primary N) is 1. The van der Waals surface area contributed by atoms with Crippen LogP contribution in [0.2, 0.25) is 20.1 Å². The Kier molecular flexibility index (Phi) is 9.17. The summed E-state index contributed by atoms with van der Waals surface area (Å²) in [6, 6.07) is 6.65. The number of aromatic carboxylic acids is 1. The van der Waals surface area contributed by atoms with Crippen LogP contribution in [0.3, 0.4) is 0 Å². The number of nitrogens with one attached hydrogen (secondary N) is 1. The number of hydrogen-bond acceptors (Lipinski definition) is 5. The maximum atomic E-state index is 12.9. The van der Waals surface area contributed by atoms with E-state index in [1.807, 2.05) is 0 Å².